The Kier molecular flexibility index (Phi) is 17.5. The van der Waals surface area contributed by atoms with Crippen molar-refractivity contribution in [3.63, 3.8) is 0 Å². The van der Waals surface area contributed by atoms with Crippen molar-refractivity contribution in [2.24, 2.45) is 5.41 Å². The number of ether oxygens (including phenoxy) is 1. The van der Waals surface area contributed by atoms with Crippen LogP contribution in [0.15, 0.2) is 0 Å². The summed E-state index contributed by atoms with van der Waals surface area (Å²) in [5.41, 5.74) is -0.852. The Labute approximate surface area is 228 Å². The van der Waals surface area contributed by atoms with Gasteiger partial charge in [0.2, 0.25) is 0 Å². The molecule has 3 atom stereocenters. The molecule has 0 aromatic carbocycles. The number of hydrogen-bond acceptors (Lipinski definition) is 5. The Morgan fingerprint density at radius 1 is 0.892 bits per heavy atom. The van der Waals surface area contributed by atoms with Crippen molar-refractivity contribution in [1.29, 1.82) is 0 Å². The van der Waals surface area contributed by atoms with Crippen molar-refractivity contribution >= 4 is 13.8 Å². The molecule has 1 N–H and O–H groups in total. The molecule has 0 bridgehead atoms. The summed E-state index contributed by atoms with van der Waals surface area (Å²) in [5, 5.41) is 0. The van der Waals surface area contributed by atoms with Crippen LogP contribution in [0.4, 0.5) is 0 Å². The maximum Gasteiger partial charge on any atom is 0.472 e. The fraction of sp³-hybridized carbons (Fsp3) is 0.966. The Morgan fingerprint density at radius 3 is 1.89 bits per heavy atom. The number of quaternary nitrogens is 1. The number of rotatable bonds is 23. The average Bonchev–Trinajstić information content (AvgIpc) is 3.21. The lowest BCUT2D eigenvalue weighted by atomic mass is 9.79. The number of esters is 1. The summed E-state index contributed by atoms with van der Waals surface area (Å²) in [7, 11) is 1.72. The first kappa shape index (κ1) is 34.6. The largest absolute Gasteiger partial charge is 0.472 e. The van der Waals surface area contributed by atoms with E-state index in [1.807, 2.05) is 21.1 Å². The van der Waals surface area contributed by atoms with Gasteiger partial charge in [0.05, 0.1) is 39.3 Å². The molecular weight excluding hydrogens is 489 g/mol. The Bertz CT molecular complexity index is 653. The van der Waals surface area contributed by atoms with E-state index >= 15 is 0 Å². The van der Waals surface area contributed by atoms with Gasteiger partial charge in [-0.15, -0.1) is 0 Å². The lowest BCUT2D eigenvalue weighted by Crippen LogP contribution is -2.41. The number of carbonyl (C=O) groups is 1. The van der Waals surface area contributed by atoms with Gasteiger partial charge < -0.3 is 14.1 Å². The van der Waals surface area contributed by atoms with Crippen LogP contribution < -0.4 is 0 Å². The highest BCUT2D eigenvalue weighted by molar-refractivity contribution is 7.47. The van der Waals surface area contributed by atoms with Crippen LogP contribution in [-0.2, 0) is 23.1 Å². The summed E-state index contributed by atoms with van der Waals surface area (Å²) in [5.74, 6) is -0.293. The predicted octanol–water partition coefficient (Wildman–Crippen LogP) is 7.80. The normalized spacial score (nSPS) is 21.7. The van der Waals surface area contributed by atoms with Gasteiger partial charge in [0.15, 0.2) is 0 Å². The summed E-state index contributed by atoms with van der Waals surface area (Å²) >= 11 is 0. The fourth-order valence-electron chi connectivity index (χ4n) is 5.35. The number of phosphoric ester groups is 1. The van der Waals surface area contributed by atoms with Crippen LogP contribution in [0.5, 0.6) is 0 Å². The molecule has 0 aromatic rings. The molecule has 0 heterocycles. The maximum atomic E-state index is 13.1. The van der Waals surface area contributed by atoms with Crippen molar-refractivity contribution in [3.05, 3.63) is 0 Å². The molecule has 0 spiro atoms. The van der Waals surface area contributed by atoms with Gasteiger partial charge in [0.25, 0.3) is 0 Å². The smallest absolute Gasteiger partial charge is 0.465 e. The van der Waals surface area contributed by atoms with Gasteiger partial charge in [0.1, 0.15) is 13.2 Å². The van der Waals surface area contributed by atoms with E-state index in [-0.39, 0.29) is 12.6 Å². The van der Waals surface area contributed by atoms with Crippen LogP contribution in [0.1, 0.15) is 129 Å². The Balaban J connectivity index is 2.40. The molecular formula is C29H59NO6P+. The average molecular weight is 549 g/mol. The SMILES string of the molecule is CCCCCCCCCCCCCCCC[C@@]1(C(=O)OCC)CCC[C@@H]1OP(=O)(O)OCC[N+](C)(C)C. The summed E-state index contributed by atoms with van der Waals surface area (Å²) in [6.07, 6.45) is 19.9. The first-order valence-corrected chi connectivity index (χ1v) is 16.7. The van der Waals surface area contributed by atoms with E-state index in [2.05, 4.69) is 6.92 Å². The first-order valence-electron chi connectivity index (χ1n) is 15.2. The third-order valence-electron chi connectivity index (χ3n) is 7.64. The standard InChI is InChI=1S/C29H58NO6P/c1-6-8-9-10-11-12-13-14-15-16-17-18-19-20-23-29(28(31)34-7-2)24-21-22-27(29)36-37(32,33)35-26-25-30(3,4)5/h27H,6-26H2,1-5H3/p+1/t27-,29+/m0/s1. The molecule has 0 saturated heterocycles. The van der Waals surface area contributed by atoms with Crippen molar-refractivity contribution < 1.29 is 32.5 Å². The van der Waals surface area contributed by atoms with Gasteiger partial charge in [0, 0.05) is 0 Å². The van der Waals surface area contributed by atoms with E-state index in [0.29, 0.717) is 36.9 Å². The van der Waals surface area contributed by atoms with Crippen molar-refractivity contribution in [2.75, 3.05) is 40.9 Å². The Hall–Kier alpha value is -0.460. The number of carbonyl (C=O) groups excluding carboxylic acids is 1. The van der Waals surface area contributed by atoms with Crippen LogP contribution in [0, 0.1) is 5.41 Å². The van der Waals surface area contributed by atoms with Gasteiger partial charge in [-0.1, -0.05) is 96.8 Å². The molecule has 0 aromatic heterocycles. The van der Waals surface area contributed by atoms with Crippen molar-refractivity contribution in [2.45, 2.75) is 136 Å². The molecule has 1 saturated carbocycles. The molecule has 1 aliphatic rings. The topological polar surface area (TPSA) is 82.1 Å². The van der Waals surface area contributed by atoms with Gasteiger partial charge in [-0.05, 0) is 32.6 Å². The summed E-state index contributed by atoms with van der Waals surface area (Å²) < 4.78 is 29.6. The van der Waals surface area contributed by atoms with Gasteiger partial charge in [-0.2, -0.15) is 0 Å². The van der Waals surface area contributed by atoms with E-state index in [4.69, 9.17) is 13.8 Å². The monoisotopic (exact) mass is 548 g/mol. The highest BCUT2D eigenvalue weighted by Gasteiger charge is 2.52. The third kappa shape index (κ3) is 15.1. The molecule has 1 aliphatic carbocycles. The van der Waals surface area contributed by atoms with Gasteiger partial charge in [-0.3, -0.25) is 13.8 Å². The number of nitrogens with zero attached hydrogens (tertiary/aromatic N) is 1. The Morgan fingerprint density at radius 2 is 1.41 bits per heavy atom. The molecule has 37 heavy (non-hydrogen) atoms. The molecule has 0 aliphatic heterocycles. The van der Waals surface area contributed by atoms with Crippen LogP contribution >= 0.6 is 7.82 Å². The first-order chi connectivity index (χ1) is 17.6. The van der Waals surface area contributed by atoms with Crippen LogP contribution in [-0.4, -0.2) is 62.4 Å². The lowest BCUT2D eigenvalue weighted by molar-refractivity contribution is -0.870. The second kappa shape index (κ2) is 18.8. The van der Waals surface area contributed by atoms with Crippen LogP contribution in [0.25, 0.3) is 0 Å². The minimum Gasteiger partial charge on any atom is -0.465 e. The lowest BCUT2D eigenvalue weighted by Gasteiger charge is -2.33. The zero-order chi connectivity index (χ0) is 27.6. The minimum atomic E-state index is -4.26. The zero-order valence-corrected chi connectivity index (χ0v) is 25.7. The molecule has 0 radical (unpaired) electrons. The number of hydrogen-bond donors (Lipinski definition) is 1. The summed E-state index contributed by atoms with van der Waals surface area (Å²) in [6, 6.07) is 0. The molecule has 7 nitrogen and oxygen atoms in total. The third-order valence-corrected chi connectivity index (χ3v) is 8.67. The van der Waals surface area contributed by atoms with E-state index in [0.717, 1.165) is 25.7 Å². The second-order valence-electron chi connectivity index (χ2n) is 12.0. The van der Waals surface area contributed by atoms with E-state index < -0.39 is 19.3 Å². The molecule has 8 heteroatoms. The highest BCUT2D eigenvalue weighted by atomic mass is 31.2. The number of phosphoric acid groups is 1. The molecule has 1 rings (SSSR count). The molecule has 0 amide bonds. The highest BCUT2D eigenvalue weighted by Crippen LogP contribution is 2.54. The fourth-order valence-corrected chi connectivity index (χ4v) is 6.35. The van der Waals surface area contributed by atoms with Gasteiger partial charge >= 0.3 is 13.8 Å². The van der Waals surface area contributed by atoms with Crippen LogP contribution in [0.2, 0.25) is 0 Å². The van der Waals surface area contributed by atoms with E-state index in [1.54, 1.807) is 6.92 Å². The van der Waals surface area contributed by atoms with E-state index in [1.165, 1.54) is 70.6 Å². The maximum absolute atomic E-state index is 13.1. The quantitative estimate of drug-likeness (QED) is 0.0607. The number of likely N-dealkylation sites (N-methyl/N-ethyl adjacent to an activating group) is 1. The van der Waals surface area contributed by atoms with Crippen molar-refractivity contribution in [1.82, 2.24) is 0 Å². The predicted molar refractivity (Wildman–Crippen MR) is 151 cm³/mol. The van der Waals surface area contributed by atoms with Crippen molar-refractivity contribution in [3.8, 4) is 0 Å². The molecule has 1 fully saturated rings. The minimum absolute atomic E-state index is 0.120. The second-order valence-corrected chi connectivity index (χ2v) is 13.4. The van der Waals surface area contributed by atoms with Gasteiger partial charge in [-0.25, -0.2) is 4.57 Å². The molecule has 220 valence electrons. The van der Waals surface area contributed by atoms with E-state index in [9.17, 15) is 14.3 Å². The van der Waals surface area contributed by atoms with Crippen LogP contribution in [0.3, 0.4) is 0 Å². The number of unbranched alkanes of at least 4 members (excludes halogenated alkanes) is 13. The summed E-state index contributed by atoms with van der Waals surface area (Å²) in [4.78, 5) is 23.4. The summed E-state index contributed by atoms with van der Waals surface area (Å²) in [6.45, 7) is 5.06. The zero-order valence-electron chi connectivity index (χ0n) is 24.8. The molecule has 1 unspecified atom stereocenters.